The number of rotatable bonds is 3. The second-order valence-electron chi connectivity index (χ2n) is 6.12. The minimum Gasteiger partial charge on any atom is -0.364 e. The van der Waals surface area contributed by atoms with Crippen LogP contribution < -0.4 is 4.90 Å². The number of alkyl halides is 1. The molecule has 2 heterocycles. The first-order valence-corrected chi connectivity index (χ1v) is 9.71. The van der Waals surface area contributed by atoms with E-state index in [9.17, 15) is 8.42 Å². The van der Waals surface area contributed by atoms with Gasteiger partial charge in [-0.25, -0.2) is 12.7 Å². The lowest BCUT2D eigenvalue weighted by atomic mass is 10.0. The number of benzene rings is 1. The van der Waals surface area contributed by atoms with Gasteiger partial charge < -0.3 is 4.90 Å². The summed E-state index contributed by atoms with van der Waals surface area (Å²) < 4.78 is 26.5. The molecular formula is C15H21BrN2O2S. The number of anilines is 1. The number of fused-ring (bicyclic) bond motifs is 2. The number of piperidine rings is 1. The van der Waals surface area contributed by atoms with Gasteiger partial charge in [-0.3, -0.25) is 0 Å². The van der Waals surface area contributed by atoms with Crippen molar-refractivity contribution in [2.45, 2.75) is 47.5 Å². The highest BCUT2D eigenvalue weighted by molar-refractivity contribution is 9.09. The number of nitrogens with zero attached hydrogens (tertiary/aromatic N) is 2. The van der Waals surface area contributed by atoms with Gasteiger partial charge in [0.1, 0.15) is 4.90 Å². The average molecular weight is 373 g/mol. The van der Waals surface area contributed by atoms with Gasteiger partial charge in [-0.05, 0) is 37.8 Å². The van der Waals surface area contributed by atoms with E-state index >= 15 is 0 Å². The summed E-state index contributed by atoms with van der Waals surface area (Å²) in [5, 5.41) is 0. The van der Waals surface area contributed by atoms with Crippen LogP contribution in [0.3, 0.4) is 0 Å². The molecule has 2 aliphatic rings. The van der Waals surface area contributed by atoms with Gasteiger partial charge in [0.2, 0.25) is 10.0 Å². The molecule has 1 aromatic carbocycles. The Balaban J connectivity index is 2.05. The molecule has 4 nitrogen and oxygen atoms in total. The Hall–Kier alpha value is -0.590. The van der Waals surface area contributed by atoms with Crippen molar-refractivity contribution in [1.82, 2.24) is 4.31 Å². The van der Waals surface area contributed by atoms with Gasteiger partial charge in [0.05, 0.1) is 5.69 Å². The molecule has 2 saturated heterocycles. The van der Waals surface area contributed by atoms with E-state index in [1.165, 1.54) is 4.31 Å². The fraction of sp³-hybridized carbons (Fsp3) is 0.600. The number of para-hydroxylation sites is 1. The molecule has 0 N–H and O–H groups in total. The van der Waals surface area contributed by atoms with Crippen LogP contribution >= 0.6 is 15.9 Å². The Labute approximate surface area is 135 Å². The molecular weight excluding hydrogens is 352 g/mol. The van der Waals surface area contributed by atoms with Crippen LogP contribution in [0.5, 0.6) is 0 Å². The molecule has 0 amide bonds. The lowest BCUT2D eigenvalue weighted by Gasteiger charge is -2.40. The highest BCUT2D eigenvalue weighted by atomic mass is 79.9. The largest absolute Gasteiger partial charge is 0.364 e. The fourth-order valence-corrected chi connectivity index (χ4v) is 5.53. The zero-order chi connectivity index (χ0) is 15.2. The molecule has 0 aliphatic carbocycles. The van der Waals surface area contributed by atoms with Crippen LogP contribution in [0.2, 0.25) is 0 Å². The summed E-state index contributed by atoms with van der Waals surface area (Å²) in [5.41, 5.74) is 0.873. The summed E-state index contributed by atoms with van der Waals surface area (Å²) in [6.45, 7) is 0. The third-order valence-electron chi connectivity index (χ3n) is 4.58. The second-order valence-corrected chi connectivity index (χ2v) is 9.53. The zero-order valence-electron chi connectivity index (χ0n) is 12.4. The van der Waals surface area contributed by atoms with Crippen LogP contribution in [0.25, 0.3) is 0 Å². The van der Waals surface area contributed by atoms with E-state index in [1.807, 2.05) is 12.1 Å². The average Bonchev–Trinajstić information content (AvgIpc) is 2.70. The fourth-order valence-electron chi connectivity index (χ4n) is 3.59. The van der Waals surface area contributed by atoms with Crippen LogP contribution in [0.15, 0.2) is 29.2 Å². The van der Waals surface area contributed by atoms with E-state index in [4.69, 9.17) is 0 Å². The number of halogens is 1. The second kappa shape index (κ2) is 5.56. The summed E-state index contributed by atoms with van der Waals surface area (Å²) in [6, 6.07) is 8.32. The topological polar surface area (TPSA) is 40.6 Å². The normalized spacial score (nSPS) is 29.1. The molecule has 0 radical (unpaired) electrons. The van der Waals surface area contributed by atoms with Crippen molar-refractivity contribution in [3.63, 3.8) is 0 Å². The van der Waals surface area contributed by atoms with Crippen LogP contribution in [0.4, 0.5) is 5.69 Å². The quantitative estimate of drug-likeness (QED) is 0.765. The van der Waals surface area contributed by atoms with Crippen molar-refractivity contribution >= 4 is 31.6 Å². The predicted octanol–water partition coefficient (Wildman–Crippen LogP) is 2.83. The third-order valence-corrected chi connectivity index (χ3v) is 7.19. The molecule has 2 fully saturated rings. The first kappa shape index (κ1) is 15.3. The number of hydrogen-bond acceptors (Lipinski definition) is 3. The predicted molar refractivity (Wildman–Crippen MR) is 88.6 cm³/mol. The standard InChI is InChI=1S/C15H21BrN2O2S/c1-17(2)21(19,20)15-6-4-3-5-14(15)18-12-7-8-13(18)10-11(16)9-12/h3-6,11-13H,7-10H2,1-2H3. The minimum absolute atomic E-state index is 0.430. The third kappa shape index (κ3) is 2.62. The SMILES string of the molecule is CN(C)S(=O)(=O)c1ccccc1N1C2CCC1CC(Br)C2. The van der Waals surface area contributed by atoms with Crippen molar-refractivity contribution in [1.29, 1.82) is 0 Å². The molecule has 0 aromatic heterocycles. The first-order valence-electron chi connectivity index (χ1n) is 7.35. The van der Waals surface area contributed by atoms with Gasteiger partial charge in [0.25, 0.3) is 0 Å². The molecule has 2 atom stereocenters. The van der Waals surface area contributed by atoms with E-state index < -0.39 is 10.0 Å². The molecule has 2 unspecified atom stereocenters. The summed E-state index contributed by atoms with van der Waals surface area (Å²) in [6.07, 6.45) is 4.49. The molecule has 0 spiro atoms. The van der Waals surface area contributed by atoms with Crippen LogP contribution in [-0.4, -0.2) is 43.7 Å². The lowest BCUT2D eigenvalue weighted by Crippen LogP contribution is -2.44. The van der Waals surface area contributed by atoms with E-state index in [2.05, 4.69) is 20.8 Å². The van der Waals surface area contributed by atoms with Crippen molar-refractivity contribution in [2.24, 2.45) is 0 Å². The monoisotopic (exact) mass is 372 g/mol. The molecule has 3 rings (SSSR count). The lowest BCUT2D eigenvalue weighted by molar-refractivity contribution is 0.478. The van der Waals surface area contributed by atoms with Gasteiger partial charge in [0.15, 0.2) is 0 Å². The van der Waals surface area contributed by atoms with E-state index in [0.29, 0.717) is 21.8 Å². The number of sulfonamides is 1. The Kier molecular flexibility index (Phi) is 4.05. The highest BCUT2D eigenvalue weighted by Gasteiger charge is 2.41. The van der Waals surface area contributed by atoms with E-state index in [1.54, 1.807) is 26.2 Å². The van der Waals surface area contributed by atoms with Gasteiger partial charge in [-0.1, -0.05) is 28.1 Å². The van der Waals surface area contributed by atoms with E-state index in [-0.39, 0.29) is 0 Å². The van der Waals surface area contributed by atoms with Gasteiger partial charge >= 0.3 is 0 Å². The van der Waals surface area contributed by atoms with Crippen LogP contribution in [-0.2, 0) is 10.0 Å². The Morgan fingerprint density at radius 3 is 2.29 bits per heavy atom. The van der Waals surface area contributed by atoms with E-state index in [0.717, 1.165) is 31.4 Å². The molecule has 0 saturated carbocycles. The first-order chi connectivity index (χ1) is 9.91. The van der Waals surface area contributed by atoms with Crippen molar-refractivity contribution in [2.75, 3.05) is 19.0 Å². The molecule has 2 aliphatic heterocycles. The minimum atomic E-state index is -3.41. The summed E-state index contributed by atoms with van der Waals surface area (Å²) in [7, 11) is -0.232. The molecule has 21 heavy (non-hydrogen) atoms. The maximum Gasteiger partial charge on any atom is 0.244 e. The van der Waals surface area contributed by atoms with Crippen molar-refractivity contribution in [3.8, 4) is 0 Å². The van der Waals surface area contributed by atoms with Gasteiger partial charge in [-0.2, -0.15) is 0 Å². The Morgan fingerprint density at radius 2 is 1.71 bits per heavy atom. The molecule has 6 heteroatoms. The van der Waals surface area contributed by atoms with Crippen molar-refractivity contribution in [3.05, 3.63) is 24.3 Å². The molecule has 1 aromatic rings. The van der Waals surface area contributed by atoms with Crippen LogP contribution in [0, 0.1) is 0 Å². The summed E-state index contributed by atoms with van der Waals surface area (Å²) in [4.78, 5) is 3.34. The van der Waals surface area contributed by atoms with Crippen LogP contribution in [0.1, 0.15) is 25.7 Å². The summed E-state index contributed by atoms with van der Waals surface area (Å²) >= 11 is 3.74. The van der Waals surface area contributed by atoms with Crippen molar-refractivity contribution < 1.29 is 8.42 Å². The highest BCUT2D eigenvalue weighted by Crippen LogP contribution is 2.43. The van der Waals surface area contributed by atoms with Gasteiger partial charge in [0, 0.05) is 31.0 Å². The summed E-state index contributed by atoms with van der Waals surface area (Å²) in [5.74, 6) is 0. The Bertz CT molecular complexity index is 618. The zero-order valence-corrected chi connectivity index (χ0v) is 14.8. The number of hydrogen-bond donors (Lipinski definition) is 0. The van der Waals surface area contributed by atoms with Gasteiger partial charge in [-0.15, -0.1) is 0 Å². The maximum absolute atomic E-state index is 12.6. The molecule has 116 valence electrons. The molecule has 2 bridgehead atoms. The Morgan fingerprint density at radius 1 is 1.14 bits per heavy atom. The smallest absolute Gasteiger partial charge is 0.244 e. The maximum atomic E-state index is 12.6.